The fourth-order valence-electron chi connectivity index (χ4n) is 4.96. The van der Waals surface area contributed by atoms with Crippen molar-refractivity contribution < 1.29 is 24.2 Å². The van der Waals surface area contributed by atoms with E-state index in [0.29, 0.717) is 62.1 Å². The number of nitrogens with zero attached hydrogens (tertiary/aromatic N) is 1. The van der Waals surface area contributed by atoms with E-state index in [4.69, 9.17) is 9.47 Å². The highest BCUT2D eigenvalue weighted by molar-refractivity contribution is 7.16. The smallest absolute Gasteiger partial charge is 0.308 e. The third-order valence-corrected chi connectivity index (χ3v) is 7.46. The van der Waals surface area contributed by atoms with Gasteiger partial charge in [-0.2, -0.15) is 0 Å². The zero-order valence-corrected chi connectivity index (χ0v) is 17.5. The Morgan fingerprint density at radius 3 is 2.47 bits per heavy atom. The van der Waals surface area contributed by atoms with Gasteiger partial charge in [0.1, 0.15) is 11.3 Å². The van der Waals surface area contributed by atoms with Crippen LogP contribution in [-0.2, 0) is 25.6 Å². The van der Waals surface area contributed by atoms with Crippen LogP contribution in [0.15, 0.2) is 22.5 Å². The number of hydrogen-bond acceptors (Lipinski definition) is 7. The molecule has 1 aliphatic heterocycles. The second kappa shape index (κ2) is 7.44. The normalized spacial score (nSPS) is 24.4. The van der Waals surface area contributed by atoms with Crippen LogP contribution in [0.1, 0.15) is 36.8 Å². The molecule has 2 heterocycles. The average Bonchev–Trinajstić information content (AvgIpc) is 3.45. The van der Waals surface area contributed by atoms with Crippen LogP contribution < -0.4 is 4.87 Å². The average molecular weight is 429 g/mol. The van der Waals surface area contributed by atoms with Gasteiger partial charge in [0.15, 0.2) is 17.9 Å². The first kappa shape index (κ1) is 19.7. The topological polar surface area (TPSA) is 94.8 Å². The first-order chi connectivity index (χ1) is 14.5. The van der Waals surface area contributed by atoms with Crippen LogP contribution in [0.4, 0.5) is 0 Å². The standard InChI is InChI=1S/C22H23NO6S/c1-11-14(21(26)17-19(24)12-2-3-13(10-12)20(17)25)4-5-15-18(11)23(22(27)30-15)7-6-16-28-8-9-29-16/h4-5,12-13,16,26H,2-3,6-10H2,1H3. The number of thiazole rings is 1. The molecule has 3 aliphatic rings. The van der Waals surface area contributed by atoms with E-state index in [0.717, 1.165) is 16.0 Å². The molecule has 158 valence electrons. The van der Waals surface area contributed by atoms with Crippen molar-refractivity contribution in [2.24, 2.45) is 11.8 Å². The Kier molecular flexibility index (Phi) is 4.88. The van der Waals surface area contributed by atoms with Gasteiger partial charge in [-0.3, -0.25) is 19.0 Å². The molecule has 3 fully saturated rings. The molecule has 0 radical (unpaired) electrons. The van der Waals surface area contributed by atoms with Crippen molar-refractivity contribution in [1.29, 1.82) is 0 Å². The zero-order chi connectivity index (χ0) is 21.0. The molecule has 1 aromatic carbocycles. The van der Waals surface area contributed by atoms with Gasteiger partial charge in [0.05, 0.1) is 23.4 Å². The lowest BCUT2D eigenvalue weighted by Crippen LogP contribution is -2.30. The maximum Gasteiger partial charge on any atom is 0.308 e. The van der Waals surface area contributed by atoms with Gasteiger partial charge in [-0.25, -0.2) is 0 Å². The van der Waals surface area contributed by atoms with Crippen molar-refractivity contribution in [2.45, 2.75) is 45.4 Å². The van der Waals surface area contributed by atoms with Gasteiger partial charge in [-0.15, -0.1) is 0 Å². The maximum atomic E-state index is 12.8. The molecular weight excluding hydrogens is 406 g/mol. The van der Waals surface area contributed by atoms with Crippen molar-refractivity contribution >= 4 is 38.9 Å². The molecular formula is C22H23NO6S. The second-order valence-electron chi connectivity index (χ2n) is 8.22. The summed E-state index contributed by atoms with van der Waals surface area (Å²) < 4.78 is 13.4. The van der Waals surface area contributed by atoms with Crippen LogP contribution in [0.5, 0.6) is 0 Å². The van der Waals surface area contributed by atoms with E-state index < -0.39 is 0 Å². The summed E-state index contributed by atoms with van der Waals surface area (Å²) >= 11 is 1.14. The predicted octanol–water partition coefficient (Wildman–Crippen LogP) is 2.97. The first-order valence-electron chi connectivity index (χ1n) is 10.3. The van der Waals surface area contributed by atoms with Gasteiger partial charge in [-0.05, 0) is 43.9 Å². The molecule has 30 heavy (non-hydrogen) atoms. The second-order valence-corrected chi connectivity index (χ2v) is 9.22. The monoisotopic (exact) mass is 429 g/mol. The van der Waals surface area contributed by atoms with Gasteiger partial charge < -0.3 is 14.6 Å². The Morgan fingerprint density at radius 1 is 1.13 bits per heavy atom. The minimum atomic E-state index is -0.321. The van der Waals surface area contributed by atoms with Gasteiger partial charge >= 0.3 is 4.87 Å². The van der Waals surface area contributed by atoms with Gasteiger partial charge in [0.25, 0.3) is 0 Å². The van der Waals surface area contributed by atoms with E-state index in [1.807, 2.05) is 6.92 Å². The summed E-state index contributed by atoms with van der Waals surface area (Å²) in [6, 6.07) is 3.46. The molecule has 2 aromatic rings. The van der Waals surface area contributed by atoms with Crippen molar-refractivity contribution in [3.63, 3.8) is 0 Å². The Labute approximate surface area is 176 Å². The van der Waals surface area contributed by atoms with Crippen molar-refractivity contribution in [1.82, 2.24) is 4.57 Å². The molecule has 1 saturated heterocycles. The Hall–Kier alpha value is -2.29. The third-order valence-electron chi connectivity index (χ3n) is 6.52. The summed E-state index contributed by atoms with van der Waals surface area (Å²) in [5.41, 5.74) is 1.77. The summed E-state index contributed by atoms with van der Waals surface area (Å²) in [4.78, 5) is 38.1. The summed E-state index contributed by atoms with van der Waals surface area (Å²) in [6.45, 7) is 3.34. The highest BCUT2D eigenvalue weighted by Gasteiger charge is 2.45. The molecule has 1 aromatic heterocycles. The van der Waals surface area contributed by atoms with Gasteiger partial charge in [0, 0.05) is 30.4 Å². The number of aryl methyl sites for hydroxylation is 2. The van der Waals surface area contributed by atoms with Gasteiger partial charge in [-0.1, -0.05) is 11.3 Å². The third kappa shape index (κ3) is 3.05. The molecule has 2 bridgehead atoms. The number of aliphatic hydroxyl groups is 1. The Bertz CT molecular complexity index is 1110. The highest BCUT2D eigenvalue weighted by Crippen LogP contribution is 2.42. The maximum absolute atomic E-state index is 12.8. The number of carbonyl (C=O) groups excluding carboxylic acids is 2. The largest absolute Gasteiger partial charge is 0.506 e. The Balaban J connectivity index is 1.57. The van der Waals surface area contributed by atoms with Crippen LogP contribution in [0.3, 0.4) is 0 Å². The number of aliphatic hydroxyl groups excluding tert-OH is 1. The minimum Gasteiger partial charge on any atom is -0.506 e. The molecule has 1 N–H and O–H groups in total. The van der Waals surface area contributed by atoms with Crippen LogP contribution in [0, 0.1) is 18.8 Å². The van der Waals surface area contributed by atoms with Crippen LogP contribution in [0.25, 0.3) is 16.0 Å². The number of rotatable bonds is 4. The number of hydrogen-bond donors (Lipinski definition) is 1. The molecule has 2 aliphatic carbocycles. The summed E-state index contributed by atoms with van der Waals surface area (Å²) in [5.74, 6) is -1.08. The van der Waals surface area contributed by atoms with Gasteiger partial charge in [0.2, 0.25) is 0 Å². The predicted molar refractivity (Wildman–Crippen MR) is 112 cm³/mol. The lowest BCUT2D eigenvalue weighted by atomic mass is 9.81. The van der Waals surface area contributed by atoms with E-state index in [9.17, 15) is 19.5 Å². The van der Waals surface area contributed by atoms with E-state index in [1.165, 1.54) is 0 Å². The molecule has 5 rings (SSSR count). The fourth-order valence-corrected chi connectivity index (χ4v) is 5.93. The number of fused-ring (bicyclic) bond motifs is 3. The molecule has 7 nitrogen and oxygen atoms in total. The highest BCUT2D eigenvalue weighted by atomic mass is 32.1. The summed E-state index contributed by atoms with van der Waals surface area (Å²) in [7, 11) is 0. The molecule has 2 saturated carbocycles. The lowest BCUT2D eigenvalue weighted by molar-refractivity contribution is -0.127. The number of Topliss-reactive ketones (excluding diaryl/α,β-unsaturated/α-hetero) is 2. The Morgan fingerprint density at radius 2 is 1.80 bits per heavy atom. The summed E-state index contributed by atoms with van der Waals surface area (Å²) in [6.07, 6.45) is 2.24. The molecule has 8 heteroatoms. The van der Waals surface area contributed by atoms with Crippen LogP contribution in [-0.4, -0.2) is 40.7 Å². The molecule has 0 amide bonds. The minimum absolute atomic E-state index is 0.0620. The van der Waals surface area contributed by atoms with Crippen LogP contribution >= 0.6 is 11.3 Å². The lowest BCUT2D eigenvalue weighted by Gasteiger charge is -2.21. The van der Waals surface area contributed by atoms with E-state index in [2.05, 4.69) is 0 Å². The number of allylic oxidation sites excluding steroid dienone is 1. The quantitative estimate of drug-likeness (QED) is 0.456. The van der Waals surface area contributed by atoms with E-state index in [1.54, 1.807) is 16.7 Å². The van der Waals surface area contributed by atoms with Crippen molar-refractivity contribution in [3.05, 3.63) is 38.5 Å². The number of aromatic nitrogens is 1. The number of benzene rings is 1. The van der Waals surface area contributed by atoms with Crippen molar-refractivity contribution in [2.75, 3.05) is 13.2 Å². The van der Waals surface area contributed by atoms with Crippen LogP contribution in [0.2, 0.25) is 0 Å². The zero-order valence-electron chi connectivity index (χ0n) is 16.7. The SMILES string of the molecule is Cc1c(C(O)=C2C(=O)C3CCC(C3)C2=O)ccc2sc(=O)n(CCC3OCCO3)c12. The van der Waals surface area contributed by atoms with E-state index in [-0.39, 0.29) is 45.9 Å². The fraction of sp³-hybridized carbons (Fsp3) is 0.500. The van der Waals surface area contributed by atoms with E-state index >= 15 is 0 Å². The summed E-state index contributed by atoms with van der Waals surface area (Å²) in [5, 5.41) is 11.0. The molecule has 2 unspecified atom stereocenters. The molecule has 2 atom stereocenters. The first-order valence-corrected chi connectivity index (χ1v) is 11.2. The molecule has 0 spiro atoms. The number of ether oxygens (including phenoxy) is 2. The number of ketones is 2. The number of carbonyl (C=O) groups is 2. The van der Waals surface area contributed by atoms with Crippen molar-refractivity contribution in [3.8, 4) is 0 Å².